The van der Waals surface area contributed by atoms with Crippen LogP contribution in [-0.4, -0.2) is 18.1 Å². The third-order valence-electron chi connectivity index (χ3n) is 2.29. The summed E-state index contributed by atoms with van der Waals surface area (Å²) in [5.74, 6) is -0.192. The number of fused-ring (bicyclic) bond motifs is 1. The summed E-state index contributed by atoms with van der Waals surface area (Å²) in [5, 5.41) is 10.2. The van der Waals surface area contributed by atoms with Crippen LogP contribution in [-0.2, 0) is 10.1 Å². The summed E-state index contributed by atoms with van der Waals surface area (Å²) in [6.45, 7) is 0. The predicted molar refractivity (Wildman–Crippen MR) is 61.0 cm³/mol. The van der Waals surface area contributed by atoms with E-state index in [1.165, 1.54) is 12.1 Å². The van der Waals surface area contributed by atoms with Gasteiger partial charge in [-0.05, 0) is 6.07 Å². The van der Waals surface area contributed by atoms with Crippen LogP contribution in [0, 0.1) is 0 Å². The van der Waals surface area contributed by atoms with Crippen molar-refractivity contribution >= 4 is 26.6 Å². The Bertz CT molecular complexity index is 675. The average Bonchev–Trinajstić information content (AvgIpc) is 2.22. The Morgan fingerprint density at radius 2 is 1.71 bits per heavy atom. The maximum atomic E-state index is 11.1. The van der Waals surface area contributed by atoms with E-state index in [0.29, 0.717) is 0 Å². The Labute approximate surface area is 122 Å². The molecule has 2 aromatic rings. The minimum atomic E-state index is -4.36. The van der Waals surface area contributed by atoms with Crippen molar-refractivity contribution in [3.63, 3.8) is 0 Å². The first-order valence-electron chi connectivity index (χ1n) is 4.39. The summed E-state index contributed by atoms with van der Waals surface area (Å²) in [6.07, 6.45) is 0. The summed E-state index contributed by atoms with van der Waals surface area (Å²) >= 11 is 0. The molecule has 17 heavy (non-hydrogen) atoms. The van der Waals surface area contributed by atoms with Crippen LogP contribution in [0.3, 0.4) is 0 Å². The molecule has 0 atom stereocenters. The van der Waals surface area contributed by atoms with Crippen LogP contribution >= 0.6 is 0 Å². The van der Waals surface area contributed by atoms with Gasteiger partial charge < -0.3 is 12.3 Å². The van der Waals surface area contributed by atoms with Crippen LogP contribution < -0.4 is 35.3 Å². The topological polar surface area (TPSA) is 101 Å². The van der Waals surface area contributed by atoms with Crippen LogP contribution in [0.25, 0.3) is 10.8 Å². The van der Waals surface area contributed by atoms with E-state index in [2.05, 4.69) is 0 Å². The molecule has 0 spiro atoms. The number of rotatable bonds is 1. The van der Waals surface area contributed by atoms with Crippen molar-refractivity contribution in [3.05, 3.63) is 30.3 Å². The first-order valence-corrected chi connectivity index (χ1v) is 5.83. The minimum Gasteiger partial charge on any atom is -1.00 e. The molecule has 86 valence electrons. The number of benzene rings is 2. The van der Waals surface area contributed by atoms with E-state index in [4.69, 9.17) is 10.3 Å². The Kier molecular flexibility index (Phi) is 4.06. The molecular weight excluding hydrogens is 253 g/mol. The number of phenols is 1. The summed E-state index contributed by atoms with van der Waals surface area (Å²) in [4.78, 5) is -0.307. The number of phenolic OH excluding ortho intramolecular Hbond substituents is 1. The molecule has 2 rings (SSSR count). The maximum Gasteiger partial charge on any atom is 1.00 e. The smallest absolute Gasteiger partial charge is 1.00 e. The first kappa shape index (κ1) is 14.3. The number of anilines is 1. The Morgan fingerprint density at radius 1 is 1.18 bits per heavy atom. The van der Waals surface area contributed by atoms with Gasteiger partial charge in [-0.25, -0.2) is 0 Å². The third kappa shape index (κ3) is 2.56. The second kappa shape index (κ2) is 4.83. The summed E-state index contributed by atoms with van der Waals surface area (Å²) in [7, 11) is -4.36. The molecule has 0 aliphatic heterocycles. The van der Waals surface area contributed by atoms with Crippen LogP contribution in [0.4, 0.5) is 5.69 Å². The zero-order valence-corrected chi connectivity index (χ0v) is 11.9. The summed E-state index contributed by atoms with van der Waals surface area (Å²) in [6, 6.07) is 7.28. The zero-order chi connectivity index (χ0) is 11.9. The Hall–Kier alpha value is -0.790. The number of hydrogen-bond acceptors (Lipinski definition) is 4. The van der Waals surface area contributed by atoms with Gasteiger partial charge >= 0.3 is 29.6 Å². The molecule has 4 N–H and O–H groups in total. The van der Waals surface area contributed by atoms with Crippen LogP contribution in [0.1, 0.15) is 1.43 Å². The van der Waals surface area contributed by atoms with Gasteiger partial charge in [0, 0.05) is 10.8 Å². The largest absolute Gasteiger partial charge is 1.00 e. The van der Waals surface area contributed by atoms with E-state index in [1.54, 1.807) is 12.1 Å². The van der Waals surface area contributed by atoms with Crippen LogP contribution in [0.2, 0.25) is 0 Å². The van der Waals surface area contributed by atoms with Gasteiger partial charge in [-0.3, -0.25) is 4.55 Å². The van der Waals surface area contributed by atoms with Crippen molar-refractivity contribution in [2.24, 2.45) is 0 Å². The van der Waals surface area contributed by atoms with E-state index in [1.807, 2.05) is 0 Å². The van der Waals surface area contributed by atoms with Crippen molar-refractivity contribution in [2.75, 3.05) is 5.73 Å². The fourth-order valence-electron chi connectivity index (χ4n) is 1.56. The first-order chi connectivity index (χ1) is 7.41. The molecule has 0 aromatic heterocycles. The molecule has 0 aliphatic rings. The molecule has 7 heteroatoms. The van der Waals surface area contributed by atoms with E-state index < -0.39 is 10.1 Å². The van der Waals surface area contributed by atoms with Gasteiger partial charge in [0.25, 0.3) is 10.1 Å². The molecule has 0 heterocycles. The van der Waals surface area contributed by atoms with Gasteiger partial charge in [-0.2, -0.15) is 8.42 Å². The predicted octanol–water partition coefficient (Wildman–Crippen LogP) is -1.51. The second-order valence-corrected chi connectivity index (χ2v) is 4.72. The zero-order valence-electron chi connectivity index (χ0n) is 10.1. The summed E-state index contributed by atoms with van der Waals surface area (Å²) < 4.78 is 31.3. The monoisotopic (exact) mass is 263 g/mol. The number of hydrogen-bond donors (Lipinski definition) is 3. The second-order valence-electron chi connectivity index (χ2n) is 3.33. The van der Waals surface area contributed by atoms with Crippen LogP contribution in [0.15, 0.2) is 35.2 Å². The van der Waals surface area contributed by atoms with E-state index in [0.717, 1.165) is 6.07 Å². The Balaban J connectivity index is 0.00000144. The maximum absolute atomic E-state index is 11.1. The molecule has 2 aromatic carbocycles. The minimum absolute atomic E-state index is 0. The van der Waals surface area contributed by atoms with Crippen molar-refractivity contribution < 1.29 is 49.1 Å². The van der Waals surface area contributed by atoms with Crippen molar-refractivity contribution in [2.45, 2.75) is 4.90 Å². The van der Waals surface area contributed by atoms with Gasteiger partial charge in [-0.15, -0.1) is 0 Å². The summed E-state index contributed by atoms with van der Waals surface area (Å²) in [5.41, 5.74) is 5.37. The van der Waals surface area contributed by atoms with E-state index in [-0.39, 0.29) is 58.1 Å². The number of aromatic hydroxyl groups is 1. The molecule has 0 unspecified atom stereocenters. The van der Waals surface area contributed by atoms with Gasteiger partial charge in [0.05, 0.1) is 5.69 Å². The van der Waals surface area contributed by atoms with Crippen molar-refractivity contribution in [1.29, 1.82) is 0 Å². The third-order valence-corrected chi connectivity index (χ3v) is 3.18. The van der Waals surface area contributed by atoms with E-state index in [9.17, 15) is 13.5 Å². The molecule has 5 nitrogen and oxygen atoms in total. The van der Waals surface area contributed by atoms with Gasteiger partial charge in [0.2, 0.25) is 0 Å². The van der Waals surface area contributed by atoms with Gasteiger partial charge in [0.15, 0.2) is 0 Å². The molecule has 0 fully saturated rings. The average molecular weight is 263 g/mol. The molecule has 0 bridgehead atoms. The standard InChI is InChI=1S/C10H9NO4S.Na.H/c11-8-5-9(16(13,14)15)6-3-1-2-4-7(6)10(8)12;;/h1-5,12H,11H2,(H,13,14,15);;/q;+1;-1. The van der Waals surface area contributed by atoms with Crippen molar-refractivity contribution in [1.82, 2.24) is 0 Å². The Morgan fingerprint density at radius 3 is 2.24 bits per heavy atom. The fourth-order valence-corrected chi connectivity index (χ4v) is 2.29. The molecule has 0 aliphatic carbocycles. The number of nitrogen functional groups attached to an aromatic ring is 1. The molecule has 0 saturated carbocycles. The van der Waals surface area contributed by atoms with Crippen LogP contribution in [0.5, 0.6) is 5.75 Å². The quantitative estimate of drug-likeness (QED) is 0.251. The molecule has 0 radical (unpaired) electrons. The molecular formula is C10H10NNaO4S. The molecule has 0 amide bonds. The normalized spacial score (nSPS) is 11.1. The SMILES string of the molecule is Nc1cc(S(=O)(=O)O)c2ccccc2c1O.[H-].[Na+]. The van der Waals surface area contributed by atoms with Gasteiger partial charge in [-0.1, -0.05) is 24.3 Å². The fraction of sp³-hybridized carbons (Fsp3) is 0. The van der Waals surface area contributed by atoms with Gasteiger partial charge in [0.1, 0.15) is 10.6 Å². The number of nitrogens with two attached hydrogens (primary N) is 1. The van der Waals surface area contributed by atoms with Crippen molar-refractivity contribution in [3.8, 4) is 5.75 Å². The van der Waals surface area contributed by atoms with E-state index >= 15 is 0 Å². The molecule has 0 saturated heterocycles.